The largest absolute Gasteiger partial charge is 0.472 e. The summed E-state index contributed by atoms with van der Waals surface area (Å²) in [6.07, 6.45) is 46.9. The van der Waals surface area contributed by atoms with Crippen LogP contribution in [0.5, 0.6) is 0 Å². The lowest BCUT2D eigenvalue weighted by atomic mass is 9.85. The van der Waals surface area contributed by atoms with Gasteiger partial charge in [0.1, 0.15) is 43.2 Å². The van der Waals surface area contributed by atoms with E-state index in [9.17, 15) is 44.6 Å². The summed E-state index contributed by atoms with van der Waals surface area (Å²) in [6.45, 7) is 3.22. The third-order valence-electron chi connectivity index (χ3n) is 12.5. The molecule has 1 saturated carbocycles. The van der Waals surface area contributed by atoms with Crippen molar-refractivity contribution in [3.63, 3.8) is 0 Å². The van der Waals surface area contributed by atoms with Gasteiger partial charge in [0.05, 0.1) is 6.61 Å². The Bertz CT molecular complexity index is 1510. The molecule has 410 valence electrons. The molecular weight excluding hydrogens is 924 g/mol. The van der Waals surface area contributed by atoms with E-state index in [1.165, 1.54) is 128 Å². The van der Waals surface area contributed by atoms with Crippen LogP contribution in [0.15, 0.2) is 72.9 Å². The Labute approximate surface area is 429 Å². The number of hydrogen-bond donors (Lipinski definition) is 6. The smallest absolute Gasteiger partial charge is 0.462 e. The first-order valence-corrected chi connectivity index (χ1v) is 29.2. The minimum atomic E-state index is -5.15. The summed E-state index contributed by atoms with van der Waals surface area (Å²) < 4.78 is 33.6. The number of phosphoric acid groups is 1. The lowest BCUT2D eigenvalue weighted by Crippen LogP contribution is -2.64. The van der Waals surface area contributed by atoms with Gasteiger partial charge in [-0.05, 0) is 70.6 Å². The van der Waals surface area contributed by atoms with Crippen LogP contribution in [0.2, 0.25) is 0 Å². The van der Waals surface area contributed by atoms with Gasteiger partial charge < -0.3 is 39.9 Å². The molecule has 0 aromatic carbocycles. The number of carbonyl (C=O) groups is 2. The second-order valence-corrected chi connectivity index (χ2v) is 20.5. The van der Waals surface area contributed by atoms with E-state index in [1.54, 1.807) is 0 Å². The minimum Gasteiger partial charge on any atom is -0.462 e. The van der Waals surface area contributed by atoms with E-state index in [-0.39, 0.29) is 12.8 Å². The molecule has 6 unspecified atom stereocenters. The minimum absolute atomic E-state index is 0.0318. The van der Waals surface area contributed by atoms with E-state index < -0.39 is 75.7 Å². The average Bonchev–Trinajstić information content (AvgIpc) is 3.35. The molecule has 0 aromatic rings. The van der Waals surface area contributed by atoms with Crippen LogP contribution in [-0.2, 0) is 32.7 Å². The number of rotatable bonds is 46. The molecule has 13 nitrogen and oxygen atoms in total. The van der Waals surface area contributed by atoms with E-state index in [1.807, 2.05) is 24.3 Å². The molecule has 14 heteroatoms. The monoisotopic (exact) mass is 1020 g/mol. The highest BCUT2D eigenvalue weighted by Crippen LogP contribution is 2.47. The molecule has 0 aliphatic heterocycles. The van der Waals surface area contributed by atoms with Crippen molar-refractivity contribution in [2.24, 2.45) is 0 Å². The lowest BCUT2D eigenvalue weighted by molar-refractivity contribution is -0.220. The number of aliphatic hydroxyl groups is 5. The molecule has 1 fully saturated rings. The normalized spacial score (nSPS) is 21.2. The number of ether oxygens (including phenoxy) is 2. The standard InChI is InChI=1S/C57H99O13P/c1-3-5-7-9-11-13-15-17-19-21-23-24-25-26-28-30-32-34-36-38-40-42-44-46-51(59)69-49(48-68-71(65,66)70-57-55(63)53(61)52(60)54(62)56(57)64)47-67-50(58)45-43-41-39-37-35-33-31-29-27-22-20-18-16-14-12-10-8-6-4-2/h12,14,18,20,27,29,33,35,38-41,49,52-57,60-64H,3-11,13,15-17,19,21-26,28,30-32,34,36-37,42-48H2,1-2H3,(H,65,66)/b14-12+,20-18+,29-27+,35-33+,40-38+,41-39+/t49-,52?,53-,54?,55?,56?,57?/m1/s1. The Morgan fingerprint density at radius 3 is 1.25 bits per heavy atom. The zero-order valence-electron chi connectivity index (χ0n) is 44.0. The van der Waals surface area contributed by atoms with Gasteiger partial charge in [-0.1, -0.05) is 209 Å². The molecule has 1 aliphatic carbocycles. The van der Waals surface area contributed by atoms with E-state index >= 15 is 0 Å². The quantitative estimate of drug-likeness (QED) is 0.0145. The van der Waals surface area contributed by atoms with Crippen molar-refractivity contribution in [3.05, 3.63) is 72.9 Å². The topological polar surface area (TPSA) is 210 Å². The van der Waals surface area contributed by atoms with Crippen LogP contribution < -0.4 is 0 Å². The van der Waals surface area contributed by atoms with Crippen molar-refractivity contribution in [1.82, 2.24) is 0 Å². The molecule has 8 atom stereocenters. The number of phosphoric ester groups is 1. The number of unbranched alkanes of at least 4 members (excludes halogenated alkanes) is 22. The predicted octanol–water partition coefficient (Wildman–Crippen LogP) is 12.6. The maximum absolute atomic E-state index is 12.9. The lowest BCUT2D eigenvalue weighted by Gasteiger charge is -2.41. The van der Waals surface area contributed by atoms with Crippen LogP contribution in [0, 0.1) is 0 Å². The fraction of sp³-hybridized carbons (Fsp3) is 0.754. The van der Waals surface area contributed by atoms with Gasteiger partial charge in [-0.3, -0.25) is 18.6 Å². The van der Waals surface area contributed by atoms with Crippen LogP contribution in [0.4, 0.5) is 0 Å². The summed E-state index contributed by atoms with van der Waals surface area (Å²) >= 11 is 0. The fourth-order valence-electron chi connectivity index (χ4n) is 8.10. The van der Waals surface area contributed by atoms with Crippen molar-refractivity contribution >= 4 is 19.8 Å². The first-order chi connectivity index (χ1) is 34.4. The average molecular weight is 1020 g/mol. The van der Waals surface area contributed by atoms with Gasteiger partial charge in [0.25, 0.3) is 0 Å². The van der Waals surface area contributed by atoms with Crippen molar-refractivity contribution < 1.29 is 63.1 Å². The Hall–Kier alpha value is -2.71. The van der Waals surface area contributed by atoms with Crippen molar-refractivity contribution in [3.8, 4) is 0 Å². The second kappa shape index (κ2) is 45.9. The van der Waals surface area contributed by atoms with Gasteiger partial charge in [0.2, 0.25) is 0 Å². The van der Waals surface area contributed by atoms with Crippen molar-refractivity contribution in [2.45, 2.75) is 262 Å². The van der Waals surface area contributed by atoms with Crippen LogP contribution in [0.3, 0.4) is 0 Å². The predicted molar refractivity (Wildman–Crippen MR) is 285 cm³/mol. The first-order valence-electron chi connectivity index (χ1n) is 27.7. The van der Waals surface area contributed by atoms with Crippen molar-refractivity contribution in [1.29, 1.82) is 0 Å². The van der Waals surface area contributed by atoms with E-state index in [0.717, 1.165) is 38.5 Å². The summed E-state index contributed by atoms with van der Waals surface area (Å²) in [5, 5.41) is 50.3. The van der Waals surface area contributed by atoms with Crippen LogP contribution in [-0.4, -0.2) is 98.3 Å². The van der Waals surface area contributed by atoms with Gasteiger partial charge in [0.15, 0.2) is 6.10 Å². The van der Waals surface area contributed by atoms with Crippen LogP contribution in [0.1, 0.15) is 219 Å². The molecule has 71 heavy (non-hydrogen) atoms. The molecule has 0 radical (unpaired) electrons. The Morgan fingerprint density at radius 1 is 0.437 bits per heavy atom. The van der Waals surface area contributed by atoms with E-state index in [0.29, 0.717) is 25.7 Å². The molecular formula is C57H99O13P. The number of allylic oxidation sites excluding steroid dienone is 12. The zero-order valence-corrected chi connectivity index (χ0v) is 44.9. The molecule has 0 saturated heterocycles. The molecule has 1 aliphatic rings. The van der Waals surface area contributed by atoms with E-state index in [2.05, 4.69) is 62.5 Å². The highest BCUT2D eigenvalue weighted by Gasteiger charge is 2.51. The highest BCUT2D eigenvalue weighted by molar-refractivity contribution is 7.47. The number of hydrogen-bond acceptors (Lipinski definition) is 12. The molecule has 0 heterocycles. The summed E-state index contributed by atoms with van der Waals surface area (Å²) in [6, 6.07) is 0. The first kappa shape index (κ1) is 66.3. The Balaban J connectivity index is 2.42. The molecule has 0 bridgehead atoms. The van der Waals surface area contributed by atoms with Crippen LogP contribution in [0.25, 0.3) is 0 Å². The summed E-state index contributed by atoms with van der Waals surface area (Å²) in [4.78, 5) is 35.8. The van der Waals surface area contributed by atoms with Gasteiger partial charge in [0, 0.05) is 12.8 Å². The fourth-order valence-corrected chi connectivity index (χ4v) is 9.07. The maximum Gasteiger partial charge on any atom is 0.472 e. The number of aliphatic hydroxyl groups excluding tert-OH is 5. The maximum atomic E-state index is 12.9. The SMILES string of the molecule is CCCCC/C=C/C/C=C/C/C=C/C/C=C/C/C=C/CCC(=O)OC[C@H](COP(=O)(O)OC1C(O)C(O)C(O)[C@@H](O)C1O)OC(=O)CCC/C=C/CCCCCCCCCCCCCCCCCCCC. The summed E-state index contributed by atoms with van der Waals surface area (Å²) in [5.41, 5.74) is 0. The molecule has 0 spiro atoms. The Kier molecular flexibility index (Phi) is 42.8. The van der Waals surface area contributed by atoms with Crippen molar-refractivity contribution in [2.75, 3.05) is 13.2 Å². The van der Waals surface area contributed by atoms with Gasteiger partial charge in [-0.15, -0.1) is 0 Å². The molecule has 0 amide bonds. The third-order valence-corrected chi connectivity index (χ3v) is 13.5. The summed E-state index contributed by atoms with van der Waals surface area (Å²) in [7, 11) is -5.15. The molecule has 1 rings (SSSR count). The second-order valence-electron chi connectivity index (χ2n) is 19.1. The van der Waals surface area contributed by atoms with Gasteiger partial charge >= 0.3 is 19.8 Å². The van der Waals surface area contributed by atoms with Gasteiger partial charge in [-0.2, -0.15) is 0 Å². The highest BCUT2D eigenvalue weighted by atomic mass is 31.2. The van der Waals surface area contributed by atoms with Gasteiger partial charge in [-0.25, -0.2) is 4.57 Å². The molecule has 0 aromatic heterocycles. The summed E-state index contributed by atoms with van der Waals surface area (Å²) in [5.74, 6) is -1.23. The zero-order chi connectivity index (χ0) is 52.1. The molecule has 6 N–H and O–H groups in total. The Morgan fingerprint density at radius 2 is 0.789 bits per heavy atom. The number of esters is 2. The number of carbonyl (C=O) groups excluding carboxylic acids is 2. The third kappa shape index (κ3) is 37.6. The van der Waals surface area contributed by atoms with E-state index in [4.69, 9.17) is 18.5 Å². The van der Waals surface area contributed by atoms with Crippen LogP contribution >= 0.6 is 7.82 Å².